The summed E-state index contributed by atoms with van der Waals surface area (Å²) < 4.78 is 10.7. The zero-order valence-corrected chi connectivity index (χ0v) is 22.6. The Morgan fingerprint density at radius 1 is 1.10 bits per heavy atom. The van der Waals surface area contributed by atoms with Crippen molar-refractivity contribution >= 4 is 39.2 Å². The molecule has 6 rings (SSSR count). The Bertz CT molecular complexity index is 1810. The molecule has 3 aromatic carbocycles. The first kappa shape index (κ1) is 25.3. The number of aryl methyl sites for hydroxylation is 1. The summed E-state index contributed by atoms with van der Waals surface area (Å²) in [6.45, 7) is 1.51. The number of nitrogens with one attached hydrogen (secondary N) is 2. The van der Waals surface area contributed by atoms with Gasteiger partial charge >= 0.3 is 5.97 Å². The number of nitrogens with zero attached hydrogens (tertiary/aromatic N) is 2. The van der Waals surface area contributed by atoms with E-state index in [4.69, 9.17) is 9.47 Å². The number of anilines is 1. The Balaban J connectivity index is 1.17. The fraction of sp³-hybridized carbons (Fsp3) is 0.161. The normalized spacial score (nSPS) is 12.6. The SMILES string of the molecule is COc1ccc(-c2nc3ccc(C(=O)OC(C)C(=O)Nc4sc5c(c4C#N)CCc4ccccc4-5)cc3[nH]2)cc1. The zero-order valence-electron chi connectivity index (χ0n) is 21.8. The maximum Gasteiger partial charge on any atom is 0.338 e. The van der Waals surface area contributed by atoms with Crippen LogP contribution in [0.15, 0.2) is 66.7 Å². The van der Waals surface area contributed by atoms with Crippen molar-refractivity contribution in [2.75, 3.05) is 12.4 Å². The number of fused-ring (bicyclic) bond motifs is 4. The third-order valence-electron chi connectivity index (χ3n) is 7.00. The van der Waals surface area contributed by atoms with E-state index < -0.39 is 18.0 Å². The topological polar surface area (TPSA) is 117 Å². The van der Waals surface area contributed by atoms with Crippen LogP contribution >= 0.6 is 11.3 Å². The fourth-order valence-electron chi connectivity index (χ4n) is 4.86. The van der Waals surface area contributed by atoms with E-state index in [2.05, 4.69) is 27.4 Å². The number of aromatic amines is 1. The van der Waals surface area contributed by atoms with Gasteiger partial charge in [0.05, 0.1) is 29.3 Å². The van der Waals surface area contributed by atoms with Crippen LogP contribution in [-0.4, -0.2) is 35.1 Å². The summed E-state index contributed by atoms with van der Waals surface area (Å²) in [4.78, 5) is 34.8. The van der Waals surface area contributed by atoms with Crippen molar-refractivity contribution in [2.45, 2.75) is 25.9 Å². The van der Waals surface area contributed by atoms with Crippen LogP contribution in [0.4, 0.5) is 5.00 Å². The molecular weight excluding hydrogens is 524 g/mol. The van der Waals surface area contributed by atoms with Gasteiger partial charge in [-0.1, -0.05) is 24.3 Å². The molecule has 40 heavy (non-hydrogen) atoms. The molecule has 1 amide bonds. The minimum atomic E-state index is -1.07. The molecule has 1 unspecified atom stereocenters. The third kappa shape index (κ3) is 4.59. The first-order valence-electron chi connectivity index (χ1n) is 12.7. The molecule has 0 saturated carbocycles. The lowest BCUT2D eigenvalue weighted by Gasteiger charge is -2.15. The maximum absolute atomic E-state index is 13.0. The van der Waals surface area contributed by atoms with E-state index in [-0.39, 0.29) is 5.56 Å². The molecule has 1 atom stereocenters. The van der Waals surface area contributed by atoms with Gasteiger partial charge in [0.2, 0.25) is 0 Å². The number of H-pyrrole nitrogens is 1. The number of methoxy groups -OCH3 is 1. The lowest BCUT2D eigenvalue weighted by atomic mass is 9.90. The molecule has 5 aromatic rings. The van der Waals surface area contributed by atoms with E-state index in [0.717, 1.165) is 40.2 Å². The number of hydrogen-bond acceptors (Lipinski definition) is 7. The van der Waals surface area contributed by atoms with E-state index in [0.29, 0.717) is 27.4 Å². The van der Waals surface area contributed by atoms with E-state index >= 15 is 0 Å². The van der Waals surface area contributed by atoms with Gasteiger partial charge < -0.3 is 19.8 Å². The lowest BCUT2D eigenvalue weighted by molar-refractivity contribution is -0.123. The Morgan fingerprint density at radius 3 is 2.67 bits per heavy atom. The molecule has 0 bridgehead atoms. The number of esters is 1. The summed E-state index contributed by atoms with van der Waals surface area (Å²) in [5.41, 5.74) is 6.27. The Hall–Kier alpha value is -4.94. The molecule has 8 nitrogen and oxygen atoms in total. The first-order chi connectivity index (χ1) is 19.4. The summed E-state index contributed by atoms with van der Waals surface area (Å²) in [7, 11) is 1.61. The van der Waals surface area contributed by atoms with Crippen LogP contribution in [0.3, 0.4) is 0 Å². The number of nitriles is 1. The molecule has 0 aliphatic heterocycles. The van der Waals surface area contributed by atoms with E-state index in [1.54, 1.807) is 25.3 Å². The van der Waals surface area contributed by atoms with Gasteiger partial charge in [-0.05, 0) is 78.9 Å². The highest BCUT2D eigenvalue weighted by atomic mass is 32.1. The van der Waals surface area contributed by atoms with Gasteiger partial charge in [0.25, 0.3) is 5.91 Å². The monoisotopic (exact) mass is 548 g/mol. The van der Waals surface area contributed by atoms with Crippen LogP contribution < -0.4 is 10.1 Å². The molecule has 9 heteroatoms. The number of carbonyl (C=O) groups excluding carboxylic acids is 2. The molecular formula is C31H24N4O4S. The highest BCUT2D eigenvalue weighted by molar-refractivity contribution is 7.20. The van der Waals surface area contributed by atoms with Gasteiger partial charge in [0, 0.05) is 10.4 Å². The average Bonchev–Trinajstić information content (AvgIpc) is 3.57. The van der Waals surface area contributed by atoms with Crippen LogP contribution in [-0.2, 0) is 22.4 Å². The van der Waals surface area contributed by atoms with Crippen molar-refractivity contribution in [3.05, 3.63) is 89.0 Å². The van der Waals surface area contributed by atoms with Crippen LogP contribution in [0.2, 0.25) is 0 Å². The summed E-state index contributed by atoms with van der Waals surface area (Å²) in [6.07, 6.45) is 0.512. The number of aromatic nitrogens is 2. The Labute approximate surface area is 234 Å². The third-order valence-corrected chi connectivity index (χ3v) is 8.18. The maximum atomic E-state index is 13.0. The van der Waals surface area contributed by atoms with Gasteiger partial charge in [-0.25, -0.2) is 9.78 Å². The minimum Gasteiger partial charge on any atom is -0.497 e. The highest BCUT2D eigenvalue weighted by Gasteiger charge is 2.27. The molecule has 0 radical (unpaired) electrons. The average molecular weight is 549 g/mol. The number of rotatable bonds is 6. The highest BCUT2D eigenvalue weighted by Crippen LogP contribution is 2.44. The molecule has 0 saturated heterocycles. The molecule has 2 aromatic heterocycles. The fourth-order valence-corrected chi connectivity index (χ4v) is 6.13. The van der Waals surface area contributed by atoms with Crippen LogP contribution in [0.1, 0.15) is 34.0 Å². The second-order valence-corrected chi connectivity index (χ2v) is 10.5. The molecule has 1 aliphatic rings. The van der Waals surface area contributed by atoms with Crippen molar-refractivity contribution in [2.24, 2.45) is 0 Å². The zero-order chi connectivity index (χ0) is 27.8. The summed E-state index contributed by atoms with van der Waals surface area (Å²) in [5, 5.41) is 13.1. The van der Waals surface area contributed by atoms with Crippen molar-refractivity contribution in [1.29, 1.82) is 5.26 Å². The van der Waals surface area contributed by atoms with Crippen LogP contribution in [0.5, 0.6) is 5.75 Å². The Morgan fingerprint density at radius 2 is 1.90 bits per heavy atom. The van der Waals surface area contributed by atoms with Gasteiger partial charge in [0.1, 0.15) is 22.6 Å². The predicted octanol–water partition coefficient (Wildman–Crippen LogP) is 6.12. The lowest BCUT2D eigenvalue weighted by Crippen LogP contribution is -2.30. The molecule has 0 fully saturated rings. The number of amides is 1. The molecule has 2 heterocycles. The van der Waals surface area contributed by atoms with Crippen LogP contribution in [0, 0.1) is 11.3 Å². The van der Waals surface area contributed by atoms with Gasteiger partial charge in [0.15, 0.2) is 6.10 Å². The van der Waals surface area contributed by atoms with Crippen molar-refractivity contribution in [1.82, 2.24) is 9.97 Å². The first-order valence-corrected chi connectivity index (χ1v) is 13.6. The second-order valence-electron chi connectivity index (χ2n) is 9.47. The largest absolute Gasteiger partial charge is 0.497 e. The number of ether oxygens (including phenoxy) is 2. The quantitative estimate of drug-likeness (QED) is 0.247. The second kappa shape index (κ2) is 10.3. The van der Waals surface area contributed by atoms with E-state index in [1.807, 2.05) is 42.5 Å². The van der Waals surface area contributed by atoms with Crippen LogP contribution in [0.25, 0.3) is 32.9 Å². The summed E-state index contributed by atoms with van der Waals surface area (Å²) >= 11 is 1.38. The number of imidazole rings is 1. The van der Waals surface area contributed by atoms with Crippen molar-refractivity contribution in [3.63, 3.8) is 0 Å². The van der Waals surface area contributed by atoms with E-state index in [9.17, 15) is 14.9 Å². The van der Waals surface area contributed by atoms with Gasteiger partial charge in [-0.2, -0.15) is 5.26 Å². The predicted molar refractivity (Wildman–Crippen MR) is 153 cm³/mol. The van der Waals surface area contributed by atoms with Crippen molar-refractivity contribution in [3.8, 4) is 33.6 Å². The molecule has 0 spiro atoms. The minimum absolute atomic E-state index is 0.290. The number of benzene rings is 3. The van der Waals surface area contributed by atoms with Gasteiger partial charge in [-0.3, -0.25) is 4.79 Å². The molecule has 2 N–H and O–H groups in total. The molecule has 198 valence electrons. The Kier molecular flexibility index (Phi) is 6.54. The summed E-state index contributed by atoms with van der Waals surface area (Å²) in [5.74, 6) is 0.271. The smallest absolute Gasteiger partial charge is 0.338 e. The van der Waals surface area contributed by atoms with Gasteiger partial charge in [-0.15, -0.1) is 11.3 Å². The number of thiophene rings is 1. The number of carbonyl (C=O) groups is 2. The van der Waals surface area contributed by atoms with Crippen molar-refractivity contribution < 1.29 is 19.1 Å². The number of hydrogen-bond donors (Lipinski definition) is 2. The standard InChI is InChI=1S/C31H24N4O4S/c1-17(29(36)35-30-24(16-32)23-13-9-18-5-3-4-6-22(18)27(23)40-30)39-31(37)20-10-14-25-26(15-20)34-28(33-25)19-7-11-21(38-2)12-8-19/h3-8,10-12,14-15,17H,9,13H2,1-2H3,(H,33,34)(H,35,36). The summed E-state index contributed by atoms with van der Waals surface area (Å²) in [6, 6.07) is 22.8. The van der Waals surface area contributed by atoms with E-state index in [1.165, 1.54) is 23.8 Å². The molecule has 1 aliphatic carbocycles.